The molecule has 20 heavy (non-hydrogen) atoms. The van der Waals surface area contributed by atoms with Gasteiger partial charge in [-0.25, -0.2) is 0 Å². The van der Waals surface area contributed by atoms with Gasteiger partial charge in [0.05, 0.1) is 4.92 Å². The zero-order valence-corrected chi connectivity index (χ0v) is 11.8. The van der Waals surface area contributed by atoms with E-state index in [0.717, 1.165) is 16.5 Å². The smallest absolute Gasteiger partial charge is 0.269 e. The Kier molecular flexibility index (Phi) is 4.52. The lowest BCUT2D eigenvalue weighted by Gasteiger charge is -2.05. The van der Waals surface area contributed by atoms with Crippen molar-refractivity contribution in [2.45, 2.75) is 24.4 Å². The van der Waals surface area contributed by atoms with Crippen LogP contribution in [0.3, 0.4) is 0 Å². The molecule has 0 amide bonds. The van der Waals surface area contributed by atoms with Crippen molar-refractivity contribution in [3.05, 3.63) is 58.4 Å². The monoisotopic (exact) mass is 290 g/mol. The highest BCUT2D eigenvalue weighted by atomic mass is 32.2. The summed E-state index contributed by atoms with van der Waals surface area (Å²) < 4.78 is 1.95. The zero-order chi connectivity index (χ0) is 14.5. The second-order valence-corrected chi connectivity index (χ2v) is 5.09. The molecule has 7 heteroatoms. The summed E-state index contributed by atoms with van der Waals surface area (Å²) in [7, 11) is 0. The van der Waals surface area contributed by atoms with E-state index in [1.165, 1.54) is 17.8 Å². The van der Waals surface area contributed by atoms with Gasteiger partial charge in [0.15, 0.2) is 5.16 Å². The Labute approximate surface area is 120 Å². The van der Waals surface area contributed by atoms with Crippen LogP contribution in [0.25, 0.3) is 0 Å². The molecule has 104 valence electrons. The van der Waals surface area contributed by atoms with Crippen LogP contribution in [0.1, 0.15) is 11.4 Å². The summed E-state index contributed by atoms with van der Waals surface area (Å²) in [4.78, 5) is 10.3. The first-order valence-corrected chi connectivity index (χ1v) is 6.97. The number of thioether (sulfide) groups is 1. The number of nitro groups is 1. The Balaban J connectivity index is 2.10. The van der Waals surface area contributed by atoms with Gasteiger partial charge in [-0.3, -0.25) is 10.1 Å². The van der Waals surface area contributed by atoms with Gasteiger partial charge in [-0.15, -0.1) is 16.8 Å². The highest BCUT2D eigenvalue weighted by Crippen LogP contribution is 2.23. The predicted octanol–water partition coefficient (Wildman–Crippen LogP) is 2.97. The zero-order valence-electron chi connectivity index (χ0n) is 11.0. The van der Waals surface area contributed by atoms with Crippen molar-refractivity contribution in [1.29, 1.82) is 0 Å². The molecule has 0 atom stereocenters. The lowest BCUT2D eigenvalue weighted by molar-refractivity contribution is -0.384. The van der Waals surface area contributed by atoms with Gasteiger partial charge in [0.1, 0.15) is 5.82 Å². The van der Waals surface area contributed by atoms with Gasteiger partial charge in [-0.2, -0.15) is 0 Å². The number of nitro benzene ring substituents is 1. The SMILES string of the molecule is C=CCn1c(C)nnc1SCc1cccc([N+](=O)[O-])c1. The Morgan fingerprint density at radius 2 is 2.30 bits per heavy atom. The average Bonchev–Trinajstić information content (AvgIpc) is 2.78. The van der Waals surface area contributed by atoms with Crippen LogP contribution in [-0.2, 0) is 12.3 Å². The molecule has 0 radical (unpaired) electrons. The molecule has 1 heterocycles. The van der Waals surface area contributed by atoms with Crippen molar-refractivity contribution in [3.63, 3.8) is 0 Å². The number of benzene rings is 1. The molecule has 0 aliphatic heterocycles. The molecule has 1 aromatic heterocycles. The molecule has 6 nitrogen and oxygen atoms in total. The molecule has 1 aromatic carbocycles. The Morgan fingerprint density at radius 1 is 1.50 bits per heavy atom. The number of hydrogen-bond acceptors (Lipinski definition) is 5. The molecule has 0 saturated carbocycles. The summed E-state index contributed by atoms with van der Waals surface area (Å²) in [5.74, 6) is 1.43. The van der Waals surface area contributed by atoms with E-state index in [0.29, 0.717) is 12.3 Å². The molecule has 0 aliphatic rings. The fourth-order valence-electron chi connectivity index (χ4n) is 1.72. The third-order valence-corrected chi connectivity index (χ3v) is 3.74. The van der Waals surface area contributed by atoms with Crippen molar-refractivity contribution in [2.24, 2.45) is 0 Å². The Bertz CT molecular complexity index is 639. The van der Waals surface area contributed by atoms with E-state index in [4.69, 9.17) is 0 Å². The third kappa shape index (κ3) is 3.24. The van der Waals surface area contributed by atoms with Crippen LogP contribution in [0.2, 0.25) is 0 Å². The van der Waals surface area contributed by atoms with E-state index in [2.05, 4.69) is 16.8 Å². The quantitative estimate of drug-likeness (QED) is 0.354. The predicted molar refractivity (Wildman–Crippen MR) is 77.6 cm³/mol. The molecular formula is C13H14N4O2S. The van der Waals surface area contributed by atoms with E-state index in [1.54, 1.807) is 18.2 Å². The topological polar surface area (TPSA) is 73.8 Å². The summed E-state index contributed by atoms with van der Waals surface area (Å²) in [5.41, 5.74) is 0.988. The molecule has 0 spiro atoms. The minimum atomic E-state index is -0.390. The van der Waals surface area contributed by atoms with Gasteiger partial charge in [0.25, 0.3) is 5.69 Å². The van der Waals surface area contributed by atoms with E-state index in [9.17, 15) is 10.1 Å². The fraction of sp³-hybridized carbons (Fsp3) is 0.231. The minimum absolute atomic E-state index is 0.104. The van der Waals surface area contributed by atoms with Crippen molar-refractivity contribution < 1.29 is 4.92 Å². The Morgan fingerprint density at radius 3 is 3.00 bits per heavy atom. The highest BCUT2D eigenvalue weighted by Gasteiger charge is 2.10. The van der Waals surface area contributed by atoms with Crippen LogP contribution in [-0.4, -0.2) is 19.7 Å². The number of aromatic nitrogens is 3. The molecule has 0 N–H and O–H groups in total. The second kappa shape index (κ2) is 6.33. The van der Waals surface area contributed by atoms with Gasteiger partial charge in [0, 0.05) is 24.4 Å². The molecule has 0 bridgehead atoms. The largest absolute Gasteiger partial charge is 0.302 e. The summed E-state index contributed by atoms with van der Waals surface area (Å²) in [6.07, 6.45) is 1.79. The van der Waals surface area contributed by atoms with Gasteiger partial charge in [-0.05, 0) is 12.5 Å². The van der Waals surface area contributed by atoms with Crippen molar-refractivity contribution >= 4 is 17.4 Å². The number of non-ortho nitro benzene ring substituents is 1. The first-order chi connectivity index (χ1) is 9.61. The maximum absolute atomic E-state index is 10.7. The van der Waals surface area contributed by atoms with Crippen molar-refractivity contribution in [1.82, 2.24) is 14.8 Å². The summed E-state index contributed by atoms with van der Waals surface area (Å²) in [6.45, 7) is 6.24. The first kappa shape index (κ1) is 14.3. The van der Waals surface area contributed by atoms with Crippen LogP contribution < -0.4 is 0 Å². The van der Waals surface area contributed by atoms with Gasteiger partial charge < -0.3 is 4.57 Å². The summed E-state index contributed by atoms with van der Waals surface area (Å²) in [6, 6.07) is 6.61. The molecule has 0 fully saturated rings. The van der Waals surface area contributed by atoms with Crippen molar-refractivity contribution in [3.8, 4) is 0 Å². The lowest BCUT2D eigenvalue weighted by atomic mass is 10.2. The van der Waals surface area contributed by atoms with Gasteiger partial charge in [-0.1, -0.05) is 30.0 Å². The van der Waals surface area contributed by atoms with Gasteiger partial charge in [0.2, 0.25) is 0 Å². The fourth-order valence-corrected chi connectivity index (χ4v) is 2.65. The van der Waals surface area contributed by atoms with E-state index >= 15 is 0 Å². The molecule has 0 unspecified atom stereocenters. The Hall–Kier alpha value is -2.15. The van der Waals surface area contributed by atoms with E-state index < -0.39 is 4.92 Å². The maximum Gasteiger partial charge on any atom is 0.269 e. The number of rotatable bonds is 6. The number of allylic oxidation sites excluding steroid dienone is 1. The van der Waals surface area contributed by atoms with Crippen LogP contribution in [0.15, 0.2) is 42.1 Å². The van der Waals surface area contributed by atoms with Crippen LogP contribution in [0, 0.1) is 17.0 Å². The molecule has 0 saturated heterocycles. The molecular weight excluding hydrogens is 276 g/mol. The van der Waals surface area contributed by atoms with Crippen LogP contribution in [0.5, 0.6) is 0 Å². The maximum atomic E-state index is 10.7. The third-order valence-electron chi connectivity index (χ3n) is 2.70. The second-order valence-electron chi connectivity index (χ2n) is 4.14. The highest BCUT2D eigenvalue weighted by molar-refractivity contribution is 7.98. The number of hydrogen-bond donors (Lipinski definition) is 0. The van der Waals surface area contributed by atoms with Crippen molar-refractivity contribution in [2.75, 3.05) is 0 Å². The van der Waals surface area contributed by atoms with Gasteiger partial charge >= 0.3 is 0 Å². The minimum Gasteiger partial charge on any atom is -0.302 e. The number of nitrogens with zero attached hydrogens (tertiary/aromatic N) is 4. The van der Waals surface area contributed by atoms with E-state index in [-0.39, 0.29) is 5.69 Å². The van der Waals surface area contributed by atoms with Crippen LogP contribution >= 0.6 is 11.8 Å². The lowest BCUT2D eigenvalue weighted by Crippen LogP contribution is -2.00. The first-order valence-electron chi connectivity index (χ1n) is 5.98. The summed E-state index contributed by atoms with van der Waals surface area (Å²) in [5, 5.41) is 19.6. The standard InChI is InChI=1S/C13H14N4O2S/c1-3-7-16-10(2)14-15-13(16)20-9-11-5-4-6-12(8-11)17(18)19/h3-6,8H,1,7,9H2,2H3. The molecule has 2 rings (SSSR count). The molecule has 0 aliphatic carbocycles. The van der Waals surface area contributed by atoms with E-state index in [1.807, 2.05) is 17.6 Å². The van der Waals surface area contributed by atoms with Crippen LogP contribution in [0.4, 0.5) is 5.69 Å². The molecule has 2 aromatic rings. The normalized spacial score (nSPS) is 10.4. The number of aryl methyl sites for hydroxylation is 1. The summed E-state index contributed by atoms with van der Waals surface area (Å²) >= 11 is 1.50. The average molecular weight is 290 g/mol.